The Labute approximate surface area is 287 Å². The SMILES string of the molecule is CC(C)(N=NC(C)(C)C(=O)NCCO)C(=O)NCCO.CCC(C)(N=NC(C)(CC)C(=N)N1CCCC1)C(=N)N1CCCC1.Cl.Cl. The smallest absolute Gasteiger partial charge is 0.249 e. The van der Waals surface area contributed by atoms with Gasteiger partial charge in [-0.1, -0.05) is 13.8 Å². The maximum Gasteiger partial charge on any atom is 0.249 e. The summed E-state index contributed by atoms with van der Waals surface area (Å²) >= 11 is 0. The number of likely N-dealkylation sites (tertiary alicyclic amines) is 2. The lowest BCUT2D eigenvalue weighted by molar-refractivity contribution is -0.127. The van der Waals surface area contributed by atoms with Crippen LogP contribution in [0.1, 0.15) is 93.9 Å². The van der Waals surface area contributed by atoms with Crippen molar-refractivity contribution in [1.82, 2.24) is 20.4 Å². The fourth-order valence-electron chi connectivity index (χ4n) is 4.47. The molecule has 0 radical (unpaired) electrons. The molecule has 0 aromatic carbocycles. The van der Waals surface area contributed by atoms with Crippen molar-refractivity contribution in [2.75, 3.05) is 52.5 Å². The van der Waals surface area contributed by atoms with Crippen molar-refractivity contribution >= 4 is 48.3 Å². The standard InChI is InChI=1S/C18H34N6.C12H24N4O4.2ClH/c1-5-17(3,15(19)23-11-7-8-12-23)21-22-18(4,6-2)16(20)24-13-9-10-14-24;1-11(2,9(19)13-5-7-17)15-16-12(3,4)10(20)14-6-8-18;;/h19-20H,5-14H2,1-4H3;17-18H,5-8H2,1-4H3,(H,13,19)(H,14,20);2*1H. The van der Waals surface area contributed by atoms with Crippen molar-refractivity contribution in [3.05, 3.63) is 0 Å². The predicted molar refractivity (Wildman–Crippen MR) is 187 cm³/mol. The molecule has 0 saturated carbocycles. The molecule has 0 aliphatic carbocycles. The van der Waals surface area contributed by atoms with Crippen LogP contribution < -0.4 is 10.6 Å². The van der Waals surface area contributed by atoms with E-state index >= 15 is 0 Å². The number of carbonyl (C=O) groups excluding carboxylic acids is 2. The molecule has 2 aliphatic heterocycles. The number of hydrogen-bond donors (Lipinski definition) is 6. The van der Waals surface area contributed by atoms with Gasteiger partial charge in [0.2, 0.25) is 11.8 Å². The number of amidine groups is 2. The van der Waals surface area contributed by atoms with Gasteiger partial charge in [-0.3, -0.25) is 20.4 Å². The first-order chi connectivity index (χ1) is 20.5. The molecule has 2 atom stereocenters. The third-order valence-corrected chi connectivity index (χ3v) is 8.19. The highest BCUT2D eigenvalue weighted by molar-refractivity contribution is 5.90. The van der Waals surface area contributed by atoms with Crippen LogP contribution in [0.15, 0.2) is 20.5 Å². The van der Waals surface area contributed by atoms with Gasteiger partial charge in [-0.15, -0.1) is 24.8 Å². The molecule has 2 fully saturated rings. The van der Waals surface area contributed by atoms with E-state index in [0.29, 0.717) is 11.7 Å². The van der Waals surface area contributed by atoms with Gasteiger partial charge in [0.15, 0.2) is 11.1 Å². The van der Waals surface area contributed by atoms with Crippen LogP contribution in [0.2, 0.25) is 0 Å². The lowest BCUT2D eigenvalue weighted by Crippen LogP contribution is -2.46. The van der Waals surface area contributed by atoms with Crippen LogP contribution in [0, 0.1) is 10.8 Å². The minimum Gasteiger partial charge on any atom is -0.395 e. The van der Waals surface area contributed by atoms with Gasteiger partial charge in [0.1, 0.15) is 22.7 Å². The molecular formula is C30H60Cl2N10O4. The van der Waals surface area contributed by atoms with Gasteiger partial charge in [-0.05, 0) is 80.1 Å². The number of halogens is 2. The minimum absolute atomic E-state index is 0. The summed E-state index contributed by atoms with van der Waals surface area (Å²) in [6.45, 7) is 18.2. The van der Waals surface area contributed by atoms with E-state index < -0.39 is 22.2 Å². The van der Waals surface area contributed by atoms with Gasteiger partial charge < -0.3 is 30.6 Å². The summed E-state index contributed by atoms with van der Waals surface area (Å²) in [6.07, 6.45) is 6.14. The second-order valence-corrected chi connectivity index (χ2v) is 12.8. The van der Waals surface area contributed by atoms with Crippen LogP contribution >= 0.6 is 24.8 Å². The summed E-state index contributed by atoms with van der Waals surface area (Å²) in [5.74, 6) is 0.388. The third kappa shape index (κ3) is 13.4. The molecule has 46 heavy (non-hydrogen) atoms. The summed E-state index contributed by atoms with van der Waals surface area (Å²) in [5, 5.41) is 56.6. The Morgan fingerprint density at radius 2 is 0.913 bits per heavy atom. The zero-order valence-corrected chi connectivity index (χ0v) is 30.7. The molecule has 16 heteroatoms. The Morgan fingerprint density at radius 3 is 1.15 bits per heavy atom. The zero-order chi connectivity index (χ0) is 33.6. The number of aliphatic hydroxyl groups is 2. The molecule has 0 aromatic heterocycles. The minimum atomic E-state index is -1.14. The number of rotatable bonds is 14. The molecule has 2 rings (SSSR count). The van der Waals surface area contributed by atoms with Crippen LogP contribution in [0.4, 0.5) is 0 Å². The molecular weight excluding hydrogens is 635 g/mol. The van der Waals surface area contributed by atoms with Crippen LogP contribution in [0.25, 0.3) is 0 Å². The van der Waals surface area contributed by atoms with E-state index in [1.54, 1.807) is 27.7 Å². The van der Waals surface area contributed by atoms with Gasteiger partial charge >= 0.3 is 0 Å². The monoisotopic (exact) mass is 694 g/mol. The molecule has 268 valence electrons. The van der Waals surface area contributed by atoms with Crippen LogP contribution in [-0.4, -0.2) is 118 Å². The number of azo groups is 2. The number of nitrogens with one attached hydrogen (secondary N) is 4. The first kappa shape index (κ1) is 45.7. The van der Waals surface area contributed by atoms with E-state index in [2.05, 4.69) is 54.7 Å². The van der Waals surface area contributed by atoms with Crippen molar-refractivity contribution < 1.29 is 19.8 Å². The lowest BCUT2D eigenvalue weighted by Gasteiger charge is -2.34. The van der Waals surface area contributed by atoms with E-state index in [1.807, 2.05) is 13.8 Å². The number of aliphatic hydroxyl groups excluding tert-OH is 2. The highest BCUT2D eigenvalue weighted by Gasteiger charge is 2.37. The molecule has 0 bridgehead atoms. The van der Waals surface area contributed by atoms with Crippen LogP contribution in [0.5, 0.6) is 0 Å². The summed E-state index contributed by atoms with van der Waals surface area (Å²) in [7, 11) is 0. The largest absolute Gasteiger partial charge is 0.395 e. The Kier molecular flexibility index (Phi) is 20.6. The lowest BCUT2D eigenvalue weighted by atomic mass is 9.96. The normalized spacial score (nSPS) is 17.7. The Bertz CT molecular complexity index is 953. The molecule has 6 N–H and O–H groups in total. The van der Waals surface area contributed by atoms with Crippen molar-refractivity contribution in [2.24, 2.45) is 20.5 Å². The average Bonchev–Trinajstić information content (AvgIpc) is 3.75. The van der Waals surface area contributed by atoms with Gasteiger partial charge in [-0.2, -0.15) is 20.5 Å². The highest BCUT2D eigenvalue weighted by atomic mass is 35.5. The fraction of sp³-hybridized carbons (Fsp3) is 0.867. The predicted octanol–water partition coefficient (Wildman–Crippen LogP) is 3.98. The molecule has 0 aromatic rings. The Balaban J connectivity index is 0. The van der Waals surface area contributed by atoms with Crippen LogP contribution in [0.3, 0.4) is 0 Å². The molecule has 0 spiro atoms. The van der Waals surface area contributed by atoms with Crippen molar-refractivity contribution in [2.45, 2.75) is 116 Å². The summed E-state index contributed by atoms with van der Waals surface area (Å²) in [6, 6.07) is 0. The van der Waals surface area contributed by atoms with E-state index in [4.69, 9.17) is 21.0 Å². The van der Waals surface area contributed by atoms with E-state index in [9.17, 15) is 9.59 Å². The second kappa shape index (κ2) is 20.7. The van der Waals surface area contributed by atoms with E-state index in [1.165, 1.54) is 0 Å². The summed E-state index contributed by atoms with van der Waals surface area (Å²) < 4.78 is 0. The van der Waals surface area contributed by atoms with Gasteiger partial charge in [0, 0.05) is 39.3 Å². The fourth-order valence-corrected chi connectivity index (χ4v) is 4.47. The molecule has 2 aliphatic rings. The molecule has 2 unspecified atom stereocenters. The number of hydrogen-bond acceptors (Lipinski definition) is 10. The van der Waals surface area contributed by atoms with Crippen molar-refractivity contribution in [1.29, 1.82) is 10.8 Å². The van der Waals surface area contributed by atoms with Gasteiger partial charge in [0.05, 0.1) is 13.2 Å². The van der Waals surface area contributed by atoms with Crippen LogP contribution in [-0.2, 0) is 9.59 Å². The summed E-state index contributed by atoms with van der Waals surface area (Å²) in [4.78, 5) is 27.8. The number of amides is 2. The molecule has 2 amide bonds. The zero-order valence-electron chi connectivity index (χ0n) is 29.1. The summed E-state index contributed by atoms with van der Waals surface area (Å²) in [5.41, 5.74) is -3.45. The van der Waals surface area contributed by atoms with E-state index in [-0.39, 0.29) is 62.9 Å². The van der Waals surface area contributed by atoms with Gasteiger partial charge in [0.25, 0.3) is 0 Å². The van der Waals surface area contributed by atoms with E-state index in [0.717, 1.165) is 64.7 Å². The molecule has 2 heterocycles. The van der Waals surface area contributed by atoms with Crippen molar-refractivity contribution in [3.63, 3.8) is 0 Å². The topological polar surface area (TPSA) is 202 Å². The average molecular weight is 696 g/mol. The Hall–Kier alpha value is -2.42. The maximum atomic E-state index is 11.8. The quantitative estimate of drug-likeness (QED) is 0.0901. The third-order valence-electron chi connectivity index (χ3n) is 8.19. The van der Waals surface area contributed by atoms with Gasteiger partial charge in [-0.25, -0.2) is 0 Å². The van der Waals surface area contributed by atoms with Crippen molar-refractivity contribution in [3.8, 4) is 0 Å². The number of nitrogens with zero attached hydrogens (tertiary/aromatic N) is 6. The Morgan fingerprint density at radius 1 is 0.630 bits per heavy atom. The number of carbonyl (C=O) groups is 2. The maximum absolute atomic E-state index is 11.8. The molecule has 14 nitrogen and oxygen atoms in total. The highest BCUT2D eigenvalue weighted by Crippen LogP contribution is 2.28. The first-order valence-corrected chi connectivity index (χ1v) is 15.9. The first-order valence-electron chi connectivity index (χ1n) is 15.9. The molecule has 2 saturated heterocycles. The second-order valence-electron chi connectivity index (χ2n) is 12.8.